The number of hydrogen-bond donors (Lipinski definition) is 1. The van der Waals surface area contributed by atoms with E-state index in [9.17, 15) is 0 Å². The van der Waals surface area contributed by atoms with Crippen LogP contribution >= 0.6 is 15.9 Å². The predicted octanol–water partition coefficient (Wildman–Crippen LogP) is 3.68. The monoisotopic (exact) mass is 301 g/mol. The van der Waals surface area contributed by atoms with Gasteiger partial charge in [0.1, 0.15) is 5.75 Å². The zero-order valence-electron chi connectivity index (χ0n) is 10.8. The van der Waals surface area contributed by atoms with Gasteiger partial charge < -0.3 is 14.8 Å². The SMILES string of the molecule is COc1ccc(Br)cc1NCCOC(C)(C)C. The molecule has 0 unspecified atom stereocenters. The number of nitrogens with one attached hydrogen (secondary N) is 1. The Bertz CT molecular complexity index is 361. The van der Waals surface area contributed by atoms with Gasteiger partial charge in [0.05, 0.1) is 25.0 Å². The minimum Gasteiger partial charge on any atom is -0.495 e. The van der Waals surface area contributed by atoms with E-state index in [1.165, 1.54) is 0 Å². The minimum atomic E-state index is -0.0942. The first-order valence-electron chi connectivity index (χ1n) is 5.64. The van der Waals surface area contributed by atoms with Gasteiger partial charge in [-0.15, -0.1) is 0 Å². The molecule has 1 aromatic rings. The van der Waals surface area contributed by atoms with E-state index in [1.54, 1.807) is 7.11 Å². The van der Waals surface area contributed by atoms with Gasteiger partial charge in [0.25, 0.3) is 0 Å². The van der Waals surface area contributed by atoms with Crippen LogP contribution in [0.2, 0.25) is 0 Å². The fraction of sp³-hybridized carbons (Fsp3) is 0.538. The Morgan fingerprint density at radius 1 is 1.29 bits per heavy atom. The standard InChI is InChI=1S/C13H20BrNO2/c1-13(2,3)17-8-7-15-11-9-10(14)5-6-12(11)16-4/h5-6,9,15H,7-8H2,1-4H3. The van der Waals surface area contributed by atoms with Gasteiger partial charge in [-0.1, -0.05) is 15.9 Å². The molecule has 3 nitrogen and oxygen atoms in total. The summed E-state index contributed by atoms with van der Waals surface area (Å²) in [6.45, 7) is 7.56. The van der Waals surface area contributed by atoms with Crippen LogP contribution in [0.3, 0.4) is 0 Å². The quantitative estimate of drug-likeness (QED) is 0.842. The van der Waals surface area contributed by atoms with Crippen LogP contribution in [0.15, 0.2) is 22.7 Å². The number of ether oxygens (including phenoxy) is 2. The smallest absolute Gasteiger partial charge is 0.142 e. The molecule has 96 valence electrons. The molecule has 0 saturated carbocycles. The van der Waals surface area contributed by atoms with Crippen LogP contribution in [0.25, 0.3) is 0 Å². The van der Waals surface area contributed by atoms with E-state index in [0.717, 1.165) is 22.5 Å². The van der Waals surface area contributed by atoms with Crippen LogP contribution in [0, 0.1) is 0 Å². The summed E-state index contributed by atoms with van der Waals surface area (Å²) < 4.78 is 11.9. The van der Waals surface area contributed by atoms with E-state index >= 15 is 0 Å². The van der Waals surface area contributed by atoms with Crippen LogP contribution in [0.4, 0.5) is 5.69 Å². The number of halogens is 1. The summed E-state index contributed by atoms with van der Waals surface area (Å²) >= 11 is 3.44. The molecule has 0 aliphatic carbocycles. The molecule has 0 aliphatic rings. The predicted molar refractivity (Wildman–Crippen MR) is 74.9 cm³/mol. The highest BCUT2D eigenvalue weighted by molar-refractivity contribution is 9.10. The van der Waals surface area contributed by atoms with Crippen LogP contribution in [0.1, 0.15) is 20.8 Å². The second kappa shape index (κ2) is 6.26. The molecule has 4 heteroatoms. The molecule has 0 heterocycles. The van der Waals surface area contributed by atoms with Crippen molar-refractivity contribution in [2.75, 3.05) is 25.6 Å². The zero-order chi connectivity index (χ0) is 12.9. The molecule has 1 rings (SSSR count). The Hall–Kier alpha value is -0.740. The topological polar surface area (TPSA) is 30.5 Å². The number of benzene rings is 1. The molecular weight excluding hydrogens is 282 g/mol. The molecule has 0 saturated heterocycles. The highest BCUT2D eigenvalue weighted by Crippen LogP contribution is 2.27. The highest BCUT2D eigenvalue weighted by atomic mass is 79.9. The summed E-state index contributed by atoms with van der Waals surface area (Å²) in [5.74, 6) is 0.837. The third kappa shape index (κ3) is 5.41. The van der Waals surface area contributed by atoms with Gasteiger partial charge in [0, 0.05) is 11.0 Å². The molecular formula is C13H20BrNO2. The number of hydrogen-bond acceptors (Lipinski definition) is 3. The van der Waals surface area contributed by atoms with E-state index in [2.05, 4.69) is 21.2 Å². The lowest BCUT2D eigenvalue weighted by Gasteiger charge is -2.20. The fourth-order valence-corrected chi connectivity index (χ4v) is 1.72. The summed E-state index contributed by atoms with van der Waals surface area (Å²) in [5, 5.41) is 3.30. The van der Waals surface area contributed by atoms with E-state index in [0.29, 0.717) is 6.61 Å². The molecule has 0 spiro atoms. The van der Waals surface area contributed by atoms with Crippen molar-refractivity contribution < 1.29 is 9.47 Å². The maximum Gasteiger partial charge on any atom is 0.142 e. The third-order valence-corrected chi connectivity index (χ3v) is 2.61. The molecule has 0 fully saturated rings. The first-order chi connectivity index (χ1) is 7.92. The van der Waals surface area contributed by atoms with E-state index in [1.807, 2.05) is 39.0 Å². The van der Waals surface area contributed by atoms with Gasteiger partial charge in [-0.3, -0.25) is 0 Å². The lowest BCUT2D eigenvalue weighted by atomic mass is 10.2. The average Bonchev–Trinajstić information content (AvgIpc) is 2.23. The van der Waals surface area contributed by atoms with Crippen LogP contribution in [-0.2, 0) is 4.74 Å². The van der Waals surface area contributed by atoms with Crippen molar-refractivity contribution in [1.29, 1.82) is 0 Å². The maximum absolute atomic E-state index is 5.64. The molecule has 0 aromatic heterocycles. The van der Waals surface area contributed by atoms with E-state index < -0.39 is 0 Å². The van der Waals surface area contributed by atoms with E-state index in [4.69, 9.17) is 9.47 Å². The van der Waals surface area contributed by atoms with Gasteiger partial charge in [-0.2, -0.15) is 0 Å². The lowest BCUT2D eigenvalue weighted by Crippen LogP contribution is -2.23. The van der Waals surface area contributed by atoms with Crippen LogP contribution in [0.5, 0.6) is 5.75 Å². The van der Waals surface area contributed by atoms with Crippen molar-refractivity contribution in [1.82, 2.24) is 0 Å². The fourth-order valence-electron chi connectivity index (χ4n) is 1.36. The molecule has 0 radical (unpaired) electrons. The first-order valence-corrected chi connectivity index (χ1v) is 6.43. The molecule has 1 N–H and O–H groups in total. The Kier molecular flexibility index (Phi) is 5.28. The average molecular weight is 302 g/mol. The summed E-state index contributed by atoms with van der Waals surface area (Å²) in [7, 11) is 1.67. The minimum absolute atomic E-state index is 0.0942. The van der Waals surface area contributed by atoms with Gasteiger partial charge >= 0.3 is 0 Å². The molecule has 0 atom stereocenters. The van der Waals surface area contributed by atoms with Gasteiger partial charge in [0.2, 0.25) is 0 Å². The van der Waals surface area contributed by atoms with Crippen molar-refractivity contribution >= 4 is 21.6 Å². The largest absolute Gasteiger partial charge is 0.495 e. The number of rotatable bonds is 5. The van der Waals surface area contributed by atoms with Gasteiger partial charge in [-0.05, 0) is 39.0 Å². The Balaban J connectivity index is 2.48. The normalized spacial score (nSPS) is 11.4. The molecule has 0 amide bonds. The van der Waals surface area contributed by atoms with Crippen molar-refractivity contribution in [3.8, 4) is 5.75 Å². The van der Waals surface area contributed by atoms with Crippen LogP contribution in [-0.4, -0.2) is 25.9 Å². The zero-order valence-corrected chi connectivity index (χ0v) is 12.4. The Morgan fingerprint density at radius 3 is 2.59 bits per heavy atom. The summed E-state index contributed by atoms with van der Waals surface area (Å²) in [6, 6.07) is 5.88. The number of methoxy groups -OCH3 is 1. The molecule has 17 heavy (non-hydrogen) atoms. The van der Waals surface area contributed by atoms with Gasteiger partial charge in [-0.25, -0.2) is 0 Å². The lowest BCUT2D eigenvalue weighted by molar-refractivity contribution is 0.00332. The number of anilines is 1. The molecule has 1 aromatic carbocycles. The Labute approximate surface area is 112 Å². The molecule has 0 aliphatic heterocycles. The Morgan fingerprint density at radius 2 is 2.00 bits per heavy atom. The summed E-state index contributed by atoms with van der Waals surface area (Å²) in [6.07, 6.45) is 0. The summed E-state index contributed by atoms with van der Waals surface area (Å²) in [4.78, 5) is 0. The van der Waals surface area contributed by atoms with Crippen molar-refractivity contribution in [2.45, 2.75) is 26.4 Å². The van der Waals surface area contributed by atoms with Crippen molar-refractivity contribution in [2.24, 2.45) is 0 Å². The third-order valence-electron chi connectivity index (χ3n) is 2.11. The van der Waals surface area contributed by atoms with E-state index in [-0.39, 0.29) is 5.60 Å². The van der Waals surface area contributed by atoms with Crippen LogP contribution < -0.4 is 10.1 Å². The molecule has 0 bridgehead atoms. The maximum atomic E-state index is 5.64. The van der Waals surface area contributed by atoms with Crippen molar-refractivity contribution in [3.05, 3.63) is 22.7 Å². The summed E-state index contributed by atoms with van der Waals surface area (Å²) in [5.41, 5.74) is 0.877. The first kappa shape index (κ1) is 14.3. The second-order valence-electron chi connectivity index (χ2n) is 4.73. The highest BCUT2D eigenvalue weighted by Gasteiger charge is 2.09. The second-order valence-corrected chi connectivity index (χ2v) is 5.65. The van der Waals surface area contributed by atoms with Crippen molar-refractivity contribution in [3.63, 3.8) is 0 Å². The van der Waals surface area contributed by atoms with Gasteiger partial charge in [0.15, 0.2) is 0 Å².